The molecule has 5 heteroatoms. The average Bonchev–Trinajstić information content (AvgIpc) is 2.88. The van der Waals surface area contributed by atoms with Crippen LogP contribution in [0.3, 0.4) is 0 Å². The number of benzene rings is 1. The molecule has 0 N–H and O–H groups in total. The number of aromatic nitrogens is 1. The van der Waals surface area contributed by atoms with E-state index in [1.54, 1.807) is 11.8 Å². The van der Waals surface area contributed by atoms with Gasteiger partial charge in [-0.3, -0.25) is 0 Å². The van der Waals surface area contributed by atoms with Crippen LogP contribution in [0.4, 0.5) is 0 Å². The number of thioether (sulfide) groups is 1. The van der Waals surface area contributed by atoms with Crippen LogP contribution in [-0.4, -0.2) is 48.8 Å². The monoisotopic (exact) mass is 328 g/mol. The van der Waals surface area contributed by atoms with Gasteiger partial charge in [0.1, 0.15) is 6.61 Å². The molecule has 0 radical (unpaired) electrons. The van der Waals surface area contributed by atoms with Gasteiger partial charge in [-0.25, -0.2) is 4.79 Å². The minimum Gasteiger partial charge on any atom is -0.461 e. The average molecular weight is 328 g/mol. The van der Waals surface area contributed by atoms with Crippen molar-refractivity contribution in [2.24, 2.45) is 0 Å². The number of para-hydroxylation sites is 1. The molecule has 0 aliphatic heterocycles. The van der Waals surface area contributed by atoms with Crippen molar-refractivity contribution in [1.29, 1.82) is 0 Å². The number of hydrogen-bond donors (Lipinski definition) is 0. The van der Waals surface area contributed by atoms with E-state index in [1.165, 1.54) is 0 Å². The molecule has 0 fully saturated rings. The van der Waals surface area contributed by atoms with E-state index in [0.29, 0.717) is 18.7 Å². The molecule has 0 atom stereocenters. The molecular formula is C18H20N2O2S. The third-order valence-electron chi connectivity index (χ3n) is 3.82. The fourth-order valence-electron chi connectivity index (χ4n) is 2.65. The summed E-state index contributed by atoms with van der Waals surface area (Å²) in [5.41, 5.74) is 2.56. The maximum absolute atomic E-state index is 12.6. The summed E-state index contributed by atoms with van der Waals surface area (Å²) in [5.74, 6) is -0.262. The van der Waals surface area contributed by atoms with Gasteiger partial charge in [0.15, 0.2) is 0 Å². The van der Waals surface area contributed by atoms with E-state index in [2.05, 4.69) is 10.6 Å². The predicted octanol–water partition coefficient (Wildman–Crippen LogP) is 3.53. The molecule has 0 spiro atoms. The predicted molar refractivity (Wildman–Crippen MR) is 95.5 cm³/mol. The highest BCUT2D eigenvalue weighted by Crippen LogP contribution is 2.29. The molecule has 0 amide bonds. The first-order chi connectivity index (χ1) is 11.1. The third-order valence-corrected chi connectivity index (χ3v) is 4.53. The smallest absolute Gasteiger partial charge is 0.341 e. The Bertz CT molecular complexity index is 855. The number of carbonyl (C=O) groups excluding carboxylic acids is 1. The maximum atomic E-state index is 12.6. The fourth-order valence-corrected chi connectivity index (χ4v) is 3.06. The fraction of sp³-hybridized carbons (Fsp3) is 0.278. The second kappa shape index (κ2) is 6.64. The van der Waals surface area contributed by atoms with Crippen molar-refractivity contribution in [1.82, 2.24) is 9.30 Å². The molecule has 4 nitrogen and oxygen atoms in total. The molecule has 2 aromatic heterocycles. The Kier molecular flexibility index (Phi) is 4.59. The number of fused-ring (bicyclic) bond motifs is 3. The number of ether oxygens (including phenoxy) is 1. The van der Waals surface area contributed by atoms with Crippen LogP contribution in [0.25, 0.3) is 16.4 Å². The zero-order valence-electron chi connectivity index (χ0n) is 13.6. The Hall–Kier alpha value is -1.98. The highest BCUT2D eigenvalue weighted by Gasteiger charge is 2.19. The van der Waals surface area contributed by atoms with E-state index in [9.17, 15) is 4.79 Å². The number of nitrogens with zero attached hydrogens (tertiary/aromatic N) is 2. The van der Waals surface area contributed by atoms with Gasteiger partial charge in [0.2, 0.25) is 0 Å². The molecule has 1 aromatic carbocycles. The molecule has 0 unspecified atom stereocenters. The summed E-state index contributed by atoms with van der Waals surface area (Å²) in [5, 5.41) is 0.931. The van der Waals surface area contributed by atoms with E-state index >= 15 is 0 Å². The first-order valence-corrected chi connectivity index (χ1v) is 8.73. The molecule has 2 heterocycles. The molecular weight excluding hydrogens is 308 g/mol. The SMILES string of the molecule is CSc1ccc2c(C(=O)OCCN(C)C)c3ccccc3n2c1. The summed E-state index contributed by atoms with van der Waals surface area (Å²) in [4.78, 5) is 15.8. The van der Waals surface area contributed by atoms with Gasteiger partial charge in [-0.2, -0.15) is 0 Å². The second-order valence-corrected chi connectivity index (χ2v) is 6.54. The van der Waals surface area contributed by atoms with Crippen LogP contribution in [0.5, 0.6) is 0 Å². The van der Waals surface area contributed by atoms with Crippen LogP contribution >= 0.6 is 11.8 Å². The van der Waals surface area contributed by atoms with Gasteiger partial charge in [-0.1, -0.05) is 18.2 Å². The first-order valence-electron chi connectivity index (χ1n) is 7.50. The lowest BCUT2D eigenvalue weighted by molar-refractivity contribution is 0.0486. The Morgan fingerprint density at radius 2 is 1.96 bits per heavy atom. The van der Waals surface area contributed by atoms with E-state index in [1.807, 2.05) is 61.6 Å². The molecule has 120 valence electrons. The van der Waals surface area contributed by atoms with Gasteiger partial charge in [0.05, 0.1) is 16.6 Å². The molecule has 3 aromatic rings. The normalized spacial score (nSPS) is 11.5. The van der Waals surface area contributed by atoms with Crippen LogP contribution in [0.1, 0.15) is 10.4 Å². The number of esters is 1. The standard InChI is InChI=1S/C18H20N2O2S/c1-19(2)10-11-22-18(21)17-14-6-4-5-7-15(14)20-12-13(23-3)8-9-16(17)20/h4-9,12H,10-11H2,1-3H3. The van der Waals surface area contributed by atoms with Gasteiger partial charge in [0, 0.05) is 23.0 Å². The van der Waals surface area contributed by atoms with Crippen molar-refractivity contribution < 1.29 is 9.53 Å². The largest absolute Gasteiger partial charge is 0.461 e. The summed E-state index contributed by atoms with van der Waals surface area (Å²) in [6.45, 7) is 1.10. The summed E-state index contributed by atoms with van der Waals surface area (Å²) in [7, 11) is 3.92. The van der Waals surface area contributed by atoms with E-state index in [-0.39, 0.29) is 5.97 Å². The van der Waals surface area contributed by atoms with Crippen molar-refractivity contribution >= 4 is 34.2 Å². The third kappa shape index (κ3) is 3.07. The Balaban J connectivity index is 2.08. The zero-order valence-corrected chi connectivity index (χ0v) is 14.4. The lowest BCUT2D eigenvalue weighted by Crippen LogP contribution is -2.20. The van der Waals surface area contributed by atoms with Crippen molar-refractivity contribution in [3.63, 3.8) is 0 Å². The van der Waals surface area contributed by atoms with Crippen molar-refractivity contribution in [3.8, 4) is 0 Å². The number of carbonyl (C=O) groups is 1. The van der Waals surface area contributed by atoms with Gasteiger partial charge in [-0.15, -0.1) is 11.8 Å². The minimum absolute atomic E-state index is 0.262. The van der Waals surface area contributed by atoms with E-state index in [0.717, 1.165) is 21.3 Å². The Labute approximate surface area is 140 Å². The molecule has 0 bridgehead atoms. The van der Waals surface area contributed by atoms with Crippen molar-refractivity contribution in [3.05, 3.63) is 48.2 Å². The lowest BCUT2D eigenvalue weighted by Gasteiger charge is -2.10. The Morgan fingerprint density at radius 1 is 1.17 bits per heavy atom. The second-order valence-electron chi connectivity index (χ2n) is 5.66. The van der Waals surface area contributed by atoms with Gasteiger partial charge in [0.25, 0.3) is 0 Å². The molecule has 0 saturated carbocycles. The number of likely N-dealkylation sites (N-methyl/N-ethyl adjacent to an activating group) is 1. The summed E-state index contributed by atoms with van der Waals surface area (Å²) in [6, 6.07) is 12.0. The van der Waals surface area contributed by atoms with E-state index < -0.39 is 0 Å². The summed E-state index contributed by atoms with van der Waals surface area (Å²) in [6.07, 6.45) is 4.11. The van der Waals surface area contributed by atoms with Gasteiger partial charge in [-0.05, 0) is 38.6 Å². The summed E-state index contributed by atoms with van der Waals surface area (Å²) >= 11 is 1.68. The van der Waals surface area contributed by atoms with Crippen LogP contribution in [0, 0.1) is 0 Å². The van der Waals surface area contributed by atoms with Crippen LogP contribution in [0.2, 0.25) is 0 Å². The maximum Gasteiger partial charge on any atom is 0.341 e. The van der Waals surface area contributed by atoms with Gasteiger partial charge < -0.3 is 14.0 Å². The van der Waals surface area contributed by atoms with Crippen LogP contribution in [-0.2, 0) is 4.74 Å². The first kappa shape index (κ1) is 15.9. The van der Waals surface area contributed by atoms with Crippen LogP contribution < -0.4 is 0 Å². The Morgan fingerprint density at radius 3 is 2.70 bits per heavy atom. The van der Waals surface area contributed by atoms with Crippen molar-refractivity contribution in [2.75, 3.05) is 33.5 Å². The topological polar surface area (TPSA) is 34.0 Å². The number of hydrogen-bond acceptors (Lipinski definition) is 4. The van der Waals surface area contributed by atoms with Gasteiger partial charge >= 0.3 is 5.97 Å². The van der Waals surface area contributed by atoms with Crippen LogP contribution in [0.15, 0.2) is 47.5 Å². The summed E-state index contributed by atoms with van der Waals surface area (Å²) < 4.78 is 7.54. The molecule has 0 saturated heterocycles. The van der Waals surface area contributed by atoms with E-state index in [4.69, 9.17) is 4.74 Å². The minimum atomic E-state index is -0.262. The molecule has 0 aliphatic rings. The number of pyridine rings is 1. The lowest BCUT2D eigenvalue weighted by atomic mass is 10.1. The molecule has 23 heavy (non-hydrogen) atoms. The highest BCUT2D eigenvalue weighted by molar-refractivity contribution is 7.98. The molecule has 3 rings (SSSR count). The molecule has 0 aliphatic carbocycles. The van der Waals surface area contributed by atoms with Crippen molar-refractivity contribution in [2.45, 2.75) is 4.90 Å². The number of rotatable bonds is 5. The highest BCUT2D eigenvalue weighted by atomic mass is 32.2. The zero-order chi connectivity index (χ0) is 16.4. The quantitative estimate of drug-likeness (QED) is 0.530.